The highest BCUT2D eigenvalue weighted by Gasteiger charge is 2.14. The van der Waals surface area contributed by atoms with E-state index in [4.69, 9.17) is 11.6 Å². The molecule has 0 unspecified atom stereocenters. The van der Waals surface area contributed by atoms with Crippen LogP contribution in [0.15, 0.2) is 36.4 Å². The molecule has 1 nitrogen and oxygen atoms in total. The number of halogens is 1. The van der Waals surface area contributed by atoms with E-state index in [1.54, 1.807) is 6.07 Å². The van der Waals surface area contributed by atoms with Gasteiger partial charge in [0, 0.05) is 10.6 Å². The van der Waals surface area contributed by atoms with Crippen molar-refractivity contribution < 1.29 is 5.11 Å². The summed E-state index contributed by atoms with van der Waals surface area (Å²) >= 11 is 6.00. The second-order valence-corrected chi connectivity index (χ2v) is 6.35. The van der Waals surface area contributed by atoms with Gasteiger partial charge in [-0.1, -0.05) is 56.6 Å². The molecule has 0 spiro atoms. The molecule has 0 bridgehead atoms. The van der Waals surface area contributed by atoms with Gasteiger partial charge in [0.1, 0.15) is 5.75 Å². The van der Waals surface area contributed by atoms with Crippen molar-refractivity contribution in [3.05, 3.63) is 52.5 Å². The van der Waals surface area contributed by atoms with Crippen molar-refractivity contribution in [2.45, 2.75) is 33.1 Å². The van der Waals surface area contributed by atoms with Crippen LogP contribution in [0.5, 0.6) is 5.75 Å². The van der Waals surface area contributed by atoms with Crippen molar-refractivity contribution in [1.29, 1.82) is 0 Å². The van der Waals surface area contributed by atoms with Crippen molar-refractivity contribution in [2.75, 3.05) is 0 Å². The van der Waals surface area contributed by atoms with E-state index in [1.807, 2.05) is 25.1 Å². The van der Waals surface area contributed by atoms with Gasteiger partial charge in [-0.15, -0.1) is 0 Å². The molecule has 2 aromatic carbocycles. The van der Waals surface area contributed by atoms with Crippen LogP contribution in [-0.4, -0.2) is 5.11 Å². The fraction of sp³-hybridized carbons (Fsp3) is 0.294. The van der Waals surface area contributed by atoms with Gasteiger partial charge in [0.25, 0.3) is 0 Å². The highest BCUT2D eigenvalue weighted by molar-refractivity contribution is 6.31. The summed E-state index contributed by atoms with van der Waals surface area (Å²) in [7, 11) is 0. The van der Waals surface area contributed by atoms with Gasteiger partial charge in [0.05, 0.1) is 0 Å². The zero-order valence-electron chi connectivity index (χ0n) is 11.8. The third kappa shape index (κ3) is 2.93. The summed E-state index contributed by atoms with van der Waals surface area (Å²) < 4.78 is 0. The second-order valence-electron chi connectivity index (χ2n) is 5.95. The Balaban J connectivity index is 2.46. The smallest absolute Gasteiger partial charge is 0.124 e. The fourth-order valence-electron chi connectivity index (χ4n) is 2.05. The zero-order valence-corrected chi connectivity index (χ0v) is 12.5. The van der Waals surface area contributed by atoms with Crippen molar-refractivity contribution in [1.82, 2.24) is 0 Å². The second kappa shape index (κ2) is 4.90. The van der Waals surface area contributed by atoms with Crippen LogP contribution in [0.2, 0.25) is 5.02 Å². The molecule has 0 fully saturated rings. The van der Waals surface area contributed by atoms with Crippen molar-refractivity contribution in [3.8, 4) is 16.9 Å². The van der Waals surface area contributed by atoms with Crippen molar-refractivity contribution in [3.63, 3.8) is 0 Å². The van der Waals surface area contributed by atoms with Gasteiger partial charge in [0.15, 0.2) is 0 Å². The van der Waals surface area contributed by atoms with E-state index in [9.17, 15) is 5.11 Å². The Morgan fingerprint density at radius 1 is 1.00 bits per heavy atom. The third-order valence-corrected chi connectivity index (χ3v) is 3.75. The fourth-order valence-corrected chi connectivity index (χ4v) is 2.21. The Morgan fingerprint density at radius 3 is 2.11 bits per heavy atom. The lowest BCUT2D eigenvalue weighted by Gasteiger charge is -2.19. The summed E-state index contributed by atoms with van der Waals surface area (Å²) in [6.07, 6.45) is 0. The SMILES string of the molecule is Cc1cc(-c2ccc(C(C)(C)C)cc2)c(O)cc1Cl. The monoisotopic (exact) mass is 274 g/mol. The van der Waals surface area contributed by atoms with Crippen molar-refractivity contribution in [2.24, 2.45) is 0 Å². The number of phenolic OH excluding ortho intramolecular Hbond substituents is 1. The lowest BCUT2D eigenvalue weighted by Crippen LogP contribution is -2.10. The maximum Gasteiger partial charge on any atom is 0.124 e. The molecule has 0 saturated carbocycles. The maximum atomic E-state index is 10.0. The molecule has 0 radical (unpaired) electrons. The molecule has 0 saturated heterocycles. The third-order valence-electron chi connectivity index (χ3n) is 3.34. The van der Waals surface area contributed by atoms with Gasteiger partial charge in [-0.2, -0.15) is 0 Å². The number of rotatable bonds is 1. The first kappa shape index (κ1) is 14.0. The van der Waals surface area contributed by atoms with Gasteiger partial charge < -0.3 is 5.11 Å². The van der Waals surface area contributed by atoms with E-state index in [0.717, 1.165) is 16.7 Å². The summed E-state index contributed by atoms with van der Waals surface area (Å²) in [5, 5.41) is 10.6. The molecule has 2 aromatic rings. The molecule has 0 aromatic heterocycles. The molecule has 0 atom stereocenters. The predicted molar refractivity (Wildman–Crippen MR) is 82.0 cm³/mol. The molecule has 2 heteroatoms. The van der Waals surface area contributed by atoms with Gasteiger partial charge in [-0.05, 0) is 41.2 Å². The molecule has 0 aliphatic carbocycles. The molecule has 0 amide bonds. The van der Waals surface area contributed by atoms with Crippen molar-refractivity contribution >= 4 is 11.6 Å². The summed E-state index contributed by atoms with van der Waals surface area (Å²) in [6.45, 7) is 8.50. The van der Waals surface area contributed by atoms with E-state index in [1.165, 1.54) is 5.56 Å². The Bertz CT molecular complexity index is 592. The first-order valence-corrected chi connectivity index (χ1v) is 6.77. The van der Waals surface area contributed by atoms with E-state index >= 15 is 0 Å². The molecule has 100 valence electrons. The lowest BCUT2D eigenvalue weighted by atomic mass is 9.86. The number of aryl methyl sites for hydroxylation is 1. The van der Waals surface area contributed by atoms with E-state index in [-0.39, 0.29) is 11.2 Å². The van der Waals surface area contributed by atoms with Crippen LogP contribution >= 0.6 is 11.6 Å². The Kier molecular flexibility index (Phi) is 3.60. The molecule has 0 heterocycles. The number of hydrogen-bond acceptors (Lipinski definition) is 1. The molecule has 0 aliphatic rings. The van der Waals surface area contributed by atoms with Crippen LogP contribution in [0.4, 0.5) is 0 Å². The number of phenols is 1. The average Bonchev–Trinajstić information content (AvgIpc) is 2.33. The van der Waals surface area contributed by atoms with Gasteiger partial charge in [0.2, 0.25) is 0 Å². The Morgan fingerprint density at radius 2 is 1.58 bits per heavy atom. The van der Waals surface area contributed by atoms with Gasteiger partial charge >= 0.3 is 0 Å². The summed E-state index contributed by atoms with van der Waals surface area (Å²) in [4.78, 5) is 0. The largest absolute Gasteiger partial charge is 0.507 e. The summed E-state index contributed by atoms with van der Waals surface area (Å²) in [5.74, 6) is 0.221. The molecular weight excluding hydrogens is 256 g/mol. The summed E-state index contributed by atoms with van der Waals surface area (Å²) in [6, 6.07) is 11.8. The minimum absolute atomic E-state index is 0.135. The van der Waals surface area contributed by atoms with Gasteiger partial charge in [-0.3, -0.25) is 0 Å². The first-order chi connectivity index (χ1) is 8.79. The van der Waals surface area contributed by atoms with Crippen LogP contribution in [0.25, 0.3) is 11.1 Å². The van der Waals surface area contributed by atoms with Crippen LogP contribution < -0.4 is 0 Å². The Hall–Kier alpha value is -1.47. The molecular formula is C17H19ClO. The van der Waals surface area contributed by atoms with Crippen LogP contribution in [-0.2, 0) is 5.41 Å². The molecule has 2 rings (SSSR count). The minimum atomic E-state index is 0.135. The topological polar surface area (TPSA) is 20.2 Å². The molecule has 0 aliphatic heterocycles. The van der Waals surface area contributed by atoms with Gasteiger partial charge in [-0.25, -0.2) is 0 Å². The number of aromatic hydroxyl groups is 1. The Labute approximate surface area is 119 Å². The summed E-state index contributed by atoms with van der Waals surface area (Å²) in [5.41, 5.74) is 4.21. The van der Waals surface area contributed by atoms with E-state index < -0.39 is 0 Å². The normalized spacial score (nSPS) is 11.6. The average molecular weight is 275 g/mol. The lowest BCUT2D eigenvalue weighted by molar-refractivity contribution is 0.477. The quantitative estimate of drug-likeness (QED) is 0.746. The maximum absolute atomic E-state index is 10.0. The van der Waals surface area contributed by atoms with Crippen LogP contribution in [0.1, 0.15) is 31.9 Å². The van der Waals surface area contributed by atoms with E-state index in [2.05, 4.69) is 32.9 Å². The molecule has 19 heavy (non-hydrogen) atoms. The zero-order chi connectivity index (χ0) is 14.2. The molecule has 1 N–H and O–H groups in total. The highest BCUT2D eigenvalue weighted by atomic mass is 35.5. The van der Waals surface area contributed by atoms with Crippen LogP contribution in [0.3, 0.4) is 0 Å². The number of hydrogen-bond donors (Lipinski definition) is 1. The van der Waals surface area contributed by atoms with Crippen LogP contribution in [0, 0.1) is 6.92 Å². The predicted octanol–water partition coefficient (Wildman–Crippen LogP) is 5.32. The number of benzene rings is 2. The standard InChI is InChI=1S/C17H19ClO/c1-11-9-14(16(19)10-15(11)18)12-5-7-13(8-6-12)17(2,3)4/h5-10,19H,1-4H3. The first-order valence-electron chi connectivity index (χ1n) is 6.39. The van der Waals surface area contributed by atoms with E-state index in [0.29, 0.717) is 5.02 Å². The highest BCUT2D eigenvalue weighted by Crippen LogP contribution is 2.34. The minimum Gasteiger partial charge on any atom is -0.507 e.